The van der Waals surface area contributed by atoms with E-state index in [0.717, 1.165) is 51.1 Å². The zero-order valence-corrected chi connectivity index (χ0v) is 12.4. The molecule has 2 saturated heterocycles. The van der Waals surface area contributed by atoms with Gasteiger partial charge in [0.15, 0.2) is 0 Å². The van der Waals surface area contributed by atoms with Gasteiger partial charge in [-0.15, -0.1) is 0 Å². The third kappa shape index (κ3) is 3.73. The number of rotatable bonds is 3. The van der Waals surface area contributed by atoms with Gasteiger partial charge in [0.25, 0.3) is 0 Å². The van der Waals surface area contributed by atoms with Crippen molar-refractivity contribution >= 4 is 11.7 Å². The summed E-state index contributed by atoms with van der Waals surface area (Å²) < 4.78 is 0. The average molecular weight is 288 g/mol. The Morgan fingerprint density at radius 1 is 1.24 bits per heavy atom. The molecule has 1 atom stereocenters. The quantitative estimate of drug-likeness (QED) is 0.880. The highest BCUT2D eigenvalue weighted by atomic mass is 16.2. The zero-order chi connectivity index (χ0) is 14.5. The van der Waals surface area contributed by atoms with Crippen LogP contribution in [-0.2, 0) is 4.79 Å². The van der Waals surface area contributed by atoms with E-state index in [-0.39, 0.29) is 11.9 Å². The van der Waals surface area contributed by atoms with Gasteiger partial charge in [-0.1, -0.05) is 12.5 Å². The van der Waals surface area contributed by atoms with Crippen molar-refractivity contribution in [3.8, 4) is 0 Å². The monoisotopic (exact) mass is 288 g/mol. The molecular formula is C16H24N4O. The molecular weight excluding hydrogens is 264 g/mol. The summed E-state index contributed by atoms with van der Waals surface area (Å²) in [5, 5.41) is 6.52. The molecule has 1 aromatic heterocycles. The van der Waals surface area contributed by atoms with Gasteiger partial charge in [0.1, 0.15) is 5.82 Å². The first kappa shape index (κ1) is 14.3. The Bertz CT molecular complexity index is 451. The second-order valence-electron chi connectivity index (χ2n) is 5.96. The van der Waals surface area contributed by atoms with Crippen LogP contribution in [0.25, 0.3) is 0 Å². The first-order valence-corrected chi connectivity index (χ1v) is 8.02. The molecule has 2 fully saturated rings. The zero-order valence-electron chi connectivity index (χ0n) is 12.4. The number of hydrogen-bond acceptors (Lipinski definition) is 4. The smallest absolute Gasteiger partial charge is 0.237 e. The Hall–Kier alpha value is -1.62. The van der Waals surface area contributed by atoms with E-state index in [0.29, 0.717) is 6.04 Å². The molecule has 3 heterocycles. The minimum atomic E-state index is 0.0209. The summed E-state index contributed by atoms with van der Waals surface area (Å²) in [7, 11) is 0. The van der Waals surface area contributed by atoms with Crippen LogP contribution in [0.15, 0.2) is 24.4 Å². The molecule has 0 aromatic carbocycles. The minimum absolute atomic E-state index is 0.0209. The van der Waals surface area contributed by atoms with Gasteiger partial charge in [0, 0.05) is 25.3 Å². The number of amides is 1. The Kier molecular flexibility index (Phi) is 4.70. The summed E-state index contributed by atoms with van der Waals surface area (Å²) in [6.45, 7) is 2.89. The highest BCUT2D eigenvalue weighted by molar-refractivity contribution is 5.82. The minimum Gasteiger partial charge on any atom is -0.356 e. The second-order valence-corrected chi connectivity index (χ2v) is 5.96. The first-order chi connectivity index (χ1) is 10.3. The normalized spacial score (nSPS) is 23.8. The van der Waals surface area contributed by atoms with Crippen LogP contribution < -0.4 is 15.5 Å². The number of piperidine rings is 2. The SMILES string of the molecule is O=C(NC1CCN(c2ccccn2)CC1)C1CCCCN1. The molecule has 0 bridgehead atoms. The van der Waals surface area contributed by atoms with Crippen LogP contribution >= 0.6 is 0 Å². The molecule has 5 heteroatoms. The average Bonchev–Trinajstić information content (AvgIpc) is 2.57. The topological polar surface area (TPSA) is 57.3 Å². The maximum absolute atomic E-state index is 12.2. The number of nitrogens with zero attached hydrogens (tertiary/aromatic N) is 2. The molecule has 114 valence electrons. The molecule has 21 heavy (non-hydrogen) atoms. The van der Waals surface area contributed by atoms with E-state index >= 15 is 0 Å². The number of pyridine rings is 1. The maximum atomic E-state index is 12.2. The highest BCUT2D eigenvalue weighted by Crippen LogP contribution is 2.17. The van der Waals surface area contributed by atoms with Gasteiger partial charge in [0.2, 0.25) is 5.91 Å². The number of anilines is 1. The van der Waals surface area contributed by atoms with E-state index in [9.17, 15) is 4.79 Å². The van der Waals surface area contributed by atoms with Crippen molar-refractivity contribution in [1.29, 1.82) is 0 Å². The highest BCUT2D eigenvalue weighted by Gasteiger charge is 2.25. The molecule has 0 saturated carbocycles. The lowest BCUT2D eigenvalue weighted by atomic mass is 10.0. The van der Waals surface area contributed by atoms with Crippen molar-refractivity contribution in [1.82, 2.24) is 15.6 Å². The van der Waals surface area contributed by atoms with Crippen molar-refractivity contribution in [3.05, 3.63) is 24.4 Å². The fraction of sp³-hybridized carbons (Fsp3) is 0.625. The summed E-state index contributed by atoms with van der Waals surface area (Å²) in [5.74, 6) is 1.22. The fourth-order valence-electron chi connectivity index (χ4n) is 3.17. The van der Waals surface area contributed by atoms with Crippen LogP contribution in [0.3, 0.4) is 0 Å². The van der Waals surface area contributed by atoms with Gasteiger partial charge in [0.05, 0.1) is 6.04 Å². The van der Waals surface area contributed by atoms with Gasteiger partial charge < -0.3 is 15.5 Å². The standard InChI is InChI=1S/C16H24N4O/c21-16(14-5-1-3-9-17-14)19-13-7-11-20(12-8-13)15-6-2-4-10-18-15/h2,4,6,10,13-14,17H,1,3,5,7-9,11-12H2,(H,19,21). The summed E-state index contributed by atoms with van der Waals surface area (Å²) in [5.41, 5.74) is 0. The molecule has 2 aliphatic heterocycles. The Morgan fingerprint density at radius 3 is 2.76 bits per heavy atom. The van der Waals surface area contributed by atoms with E-state index in [4.69, 9.17) is 0 Å². The summed E-state index contributed by atoms with van der Waals surface area (Å²) in [6.07, 6.45) is 7.13. The van der Waals surface area contributed by atoms with Gasteiger partial charge >= 0.3 is 0 Å². The van der Waals surface area contributed by atoms with Crippen molar-refractivity contribution in [3.63, 3.8) is 0 Å². The van der Waals surface area contributed by atoms with Crippen LogP contribution in [-0.4, -0.2) is 42.6 Å². The van der Waals surface area contributed by atoms with Crippen molar-refractivity contribution < 1.29 is 4.79 Å². The molecule has 2 aliphatic rings. The lowest BCUT2D eigenvalue weighted by Gasteiger charge is -2.34. The second kappa shape index (κ2) is 6.89. The molecule has 2 N–H and O–H groups in total. The fourth-order valence-corrected chi connectivity index (χ4v) is 3.17. The van der Waals surface area contributed by atoms with Crippen LogP contribution in [0.5, 0.6) is 0 Å². The van der Waals surface area contributed by atoms with Crippen molar-refractivity contribution in [2.75, 3.05) is 24.5 Å². The molecule has 0 radical (unpaired) electrons. The van der Waals surface area contributed by atoms with Crippen LogP contribution in [0.2, 0.25) is 0 Å². The molecule has 1 aromatic rings. The first-order valence-electron chi connectivity index (χ1n) is 8.02. The summed E-state index contributed by atoms with van der Waals surface area (Å²) in [6, 6.07) is 6.33. The van der Waals surface area contributed by atoms with Crippen molar-refractivity contribution in [2.45, 2.75) is 44.2 Å². The van der Waals surface area contributed by atoms with E-state index in [1.807, 2.05) is 24.4 Å². The lowest BCUT2D eigenvalue weighted by Crippen LogP contribution is -2.52. The molecule has 1 unspecified atom stereocenters. The Morgan fingerprint density at radius 2 is 2.10 bits per heavy atom. The molecule has 3 rings (SSSR count). The Labute approximate surface area is 126 Å². The number of carbonyl (C=O) groups is 1. The van der Waals surface area contributed by atoms with Crippen molar-refractivity contribution in [2.24, 2.45) is 0 Å². The third-order valence-corrected chi connectivity index (χ3v) is 4.44. The predicted octanol–water partition coefficient (Wildman–Crippen LogP) is 1.31. The number of carbonyl (C=O) groups excluding carboxylic acids is 1. The predicted molar refractivity (Wildman–Crippen MR) is 83.3 cm³/mol. The van der Waals surface area contributed by atoms with Gasteiger partial charge in [-0.05, 0) is 44.4 Å². The van der Waals surface area contributed by atoms with Gasteiger partial charge in [-0.25, -0.2) is 4.98 Å². The number of aromatic nitrogens is 1. The maximum Gasteiger partial charge on any atom is 0.237 e. The van der Waals surface area contributed by atoms with Crippen LogP contribution in [0.4, 0.5) is 5.82 Å². The van der Waals surface area contributed by atoms with Gasteiger partial charge in [-0.2, -0.15) is 0 Å². The number of nitrogens with one attached hydrogen (secondary N) is 2. The van der Waals surface area contributed by atoms with E-state index < -0.39 is 0 Å². The lowest BCUT2D eigenvalue weighted by molar-refractivity contribution is -0.124. The molecule has 0 aliphatic carbocycles. The molecule has 0 spiro atoms. The third-order valence-electron chi connectivity index (χ3n) is 4.44. The van der Waals surface area contributed by atoms with E-state index in [1.165, 1.54) is 6.42 Å². The van der Waals surface area contributed by atoms with Crippen LogP contribution in [0.1, 0.15) is 32.1 Å². The largest absolute Gasteiger partial charge is 0.356 e. The Balaban J connectivity index is 1.46. The van der Waals surface area contributed by atoms with Crippen LogP contribution in [0, 0.1) is 0 Å². The van der Waals surface area contributed by atoms with E-state index in [1.54, 1.807) is 0 Å². The molecule has 5 nitrogen and oxygen atoms in total. The van der Waals surface area contributed by atoms with Gasteiger partial charge in [-0.3, -0.25) is 4.79 Å². The summed E-state index contributed by atoms with van der Waals surface area (Å²) in [4.78, 5) is 18.9. The summed E-state index contributed by atoms with van der Waals surface area (Å²) >= 11 is 0. The van der Waals surface area contributed by atoms with E-state index in [2.05, 4.69) is 20.5 Å². The molecule has 1 amide bonds. The number of hydrogen-bond donors (Lipinski definition) is 2.